The molecule has 0 amide bonds. The minimum absolute atomic E-state index is 0.123. The van der Waals surface area contributed by atoms with Gasteiger partial charge in [-0.05, 0) is 54.1 Å². The van der Waals surface area contributed by atoms with Gasteiger partial charge in [0.25, 0.3) is 5.56 Å². The van der Waals surface area contributed by atoms with Crippen LogP contribution in [0, 0.1) is 0 Å². The summed E-state index contributed by atoms with van der Waals surface area (Å²) in [5, 5.41) is 0.876. The molecule has 0 saturated carbocycles. The lowest BCUT2D eigenvalue weighted by Crippen LogP contribution is -2.16. The number of anilines is 1. The van der Waals surface area contributed by atoms with E-state index in [0.717, 1.165) is 33.3 Å². The van der Waals surface area contributed by atoms with Crippen molar-refractivity contribution in [2.24, 2.45) is 0 Å². The summed E-state index contributed by atoms with van der Waals surface area (Å²) in [7, 11) is 0. The summed E-state index contributed by atoms with van der Waals surface area (Å²) in [5.74, 6) is 0. The molecule has 3 heterocycles. The predicted octanol–water partition coefficient (Wildman–Crippen LogP) is 4.38. The Morgan fingerprint density at radius 1 is 0.889 bits per heavy atom. The Bertz CT molecular complexity index is 1330. The fourth-order valence-electron chi connectivity index (χ4n) is 3.37. The second-order valence-corrected chi connectivity index (χ2v) is 6.37. The van der Waals surface area contributed by atoms with Crippen molar-refractivity contribution >= 4 is 27.8 Å². The molecule has 0 spiro atoms. The van der Waals surface area contributed by atoms with Crippen LogP contribution in [0.1, 0.15) is 0 Å². The van der Waals surface area contributed by atoms with Crippen LogP contribution in [0.3, 0.4) is 0 Å². The van der Waals surface area contributed by atoms with E-state index in [0.29, 0.717) is 11.3 Å². The first-order chi connectivity index (χ1) is 13.2. The van der Waals surface area contributed by atoms with Gasteiger partial charge in [0.05, 0.1) is 0 Å². The molecule has 0 bridgehead atoms. The molecule has 5 heteroatoms. The van der Waals surface area contributed by atoms with Gasteiger partial charge in [-0.25, -0.2) is 0 Å². The SMILES string of the molecule is Nc1ccc(-n2c(=O)ccc3oc4ccc(-c5cccnc5)cc4c32)cc1. The lowest BCUT2D eigenvalue weighted by atomic mass is 10.1. The lowest BCUT2D eigenvalue weighted by molar-refractivity contribution is 0.667. The van der Waals surface area contributed by atoms with Gasteiger partial charge in [-0.15, -0.1) is 0 Å². The number of benzene rings is 2. The third-order valence-corrected chi connectivity index (χ3v) is 4.66. The third kappa shape index (κ3) is 2.48. The van der Waals surface area contributed by atoms with Gasteiger partial charge in [-0.1, -0.05) is 12.1 Å². The Balaban J connectivity index is 1.85. The normalized spacial score (nSPS) is 11.3. The summed E-state index contributed by atoms with van der Waals surface area (Å²) in [4.78, 5) is 16.9. The number of hydrogen-bond donors (Lipinski definition) is 1. The van der Waals surface area contributed by atoms with E-state index >= 15 is 0 Å². The number of aromatic nitrogens is 2. The van der Waals surface area contributed by atoms with E-state index in [4.69, 9.17) is 10.2 Å². The molecule has 27 heavy (non-hydrogen) atoms. The van der Waals surface area contributed by atoms with Crippen molar-refractivity contribution in [2.45, 2.75) is 0 Å². The number of rotatable bonds is 2. The maximum atomic E-state index is 12.7. The molecule has 5 nitrogen and oxygen atoms in total. The quantitative estimate of drug-likeness (QED) is 0.478. The average molecular weight is 353 g/mol. The third-order valence-electron chi connectivity index (χ3n) is 4.66. The Morgan fingerprint density at radius 2 is 1.70 bits per heavy atom. The van der Waals surface area contributed by atoms with Crippen molar-refractivity contribution in [3.8, 4) is 16.8 Å². The summed E-state index contributed by atoms with van der Waals surface area (Å²) in [6.45, 7) is 0. The Morgan fingerprint density at radius 3 is 2.48 bits per heavy atom. The highest BCUT2D eigenvalue weighted by Gasteiger charge is 2.14. The van der Waals surface area contributed by atoms with Crippen LogP contribution in [0.4, 0.5) is 5.69 Å². The van der Waals surface area contributed by atoms with E-state index in [2.05, 4.69) is 4.98 Å². The molecule has 3 aromatic heterocycles. The summed E-state index contributed by atoms with van der Waals surface area (Å²) in [6, 6.07) is 20.3. The summed E-state index contributed by atoms with van der Waals surface area (Å²) in [5.41, 5.74) is 11.2. The van der Waals surface area contributed by atoms with E-state index in [-0.39, 0.29) is 5.56 Å². The Labute approximate surface area is 154 Å². The minimum Gasteiger partial charge on any atom is -0.454 e. The molecule has 0 aliphatic carbocycles. The van der Waals surface area contributed by atoms with Gasteiger partial charge in [-0.3, -0.25) is 14.3 Å². The largest absolute Gasteiger partial charge is 0.454 e. The van der Waals surface area contributed by atoms with Crippen LogP contribution in [-0.2, 0) is 0 Å². The Kier molecular flexibility index (Phi) is 3.33. The van der Waals surface area contributed by atoms with Crippen molar-refractivity contribution < 1.29 is 4.42 Å². The molecule has 0 atom stereocenters. The summed E-state index contributed by atoms with van der Waals surface area (Å²) >= 11 is 0. The van der Waals surface area contributed by atoms with E-state index in [9.17, 15) is 4.79 Å². The van der Waals surface area contributed by atoms with E-state index in [1.54, 1.807) is 29.0 Å². The second-order valence-electron chi connectivity index (χ2n) is 6.37. The monoisotopic (exact) mass is 353 g/mol. The number of furan rings is 1. The van der Waals surface area contributed by atoms with Crippen molar-refractivity contribution in [2.75, 3.05) is 5.73 Å². The first kappa shape index (κ1) is 15.4. The molecule has 0 aliphatic heterocycles. The van der Waals surface area contributed by atoms with E-state index in [1.165, 1.54) is 6.07 Å². The van der Waals surface area contributed by atoms with Crippen LogP contribution < -0.4 is 11.3 Å². The molecule has 130 valence electrons. The summed E-state index contributed by atoms with van der Waals surface area (Å²) in [6.07, 6.45) is 3.56. The molecule has 2 N–H and O–H groups in total. The molecule has 0 fully saturated rings. The van der Waals surface area contributed by atoms with Crippen LogP contribution in [-0.4, -0.2) is 9.55 Å². The van der Waals surface area contributed by atoms with Gasteiger partial charge in [0, 0.05) is 40.8 Å². The highest BCUT2D eigenvalue weighted by atomic mass is 16.3. The molecular formula is C22H15N3O2. The van der Waals surface area contributed by atoms with Gasteiger partial charge in [0.2, 0.25) is 0 Å². The van der Waals surface area contributed by atoms with Gasteiger partial charge in [0.1, 0.15) is 11.1 Å². The van der Waals surface area contributed by atoms with Crippen molar-refractivity contribution in [3.05, 3.63) is 89.5 Å². The molecule has 2 aromatic carbocycles. The van der Waals surface area contributed by atoms with E-state index in [1.807, 2.05) is 48.7 Å². The first-order valence-electron chi connectivity index (χ1n) is 8.55. The van der Waals surface area contributed by atoms with Crippen LogP contribution in [0.15, 0.2) is 88.3 Å². The first-order valence-corrected chi connectivity index (χ1v) is 8.55. The average Bonchev–Trinajstić information content (AvgIpc) is 3.07. The van der Waals surface area contributed by atoms with Crippen molar-refractivity contribution in [1.82, 2.24) is 9.55 Å². The molecule has 0 radical (unpaired) electrons. The zero-order valence-electron chi connectivity index (χ0n) is 14.3. The minimum atomic E-state index is -0.123. The second kappa shape index (κ2) is 5.85. The van der Waals surface area contributed by atoms with Gasteiger partial charge in [0.15, 0.2) is 5.58 Å². The zero-order valence-corrected chi connectivity index (χ0v) is 14.3. The maximum Gasteiger partial charge on any atom is 0.255 e. The van der Waals surface area contributed by atoms with Gasteiger partial charge in [-0.2, -0.15) is 0 Å². The highest BCUT2D eigenvalue weighted by molar-refractivity contribution is 6.05. The molecule has 0 unspecified atom stereocenters. The number of pyridine rings is 2. The molecule has 0 saturated heterocycles. The molecule has 5 rings (SSSR count). The fraction of sp³-hybridized carbons (Fsp3) is 0. The number of nitrogens with zero attached hydrogens (tertiary/aromatic N) is 2. The van der Waals surface area contributed by atoms with Crippen LogP contribution in [0.25, 0.3) is 38.9 Å². The van der Waals surface area contributed by atoms with Gasteiger partial charge < -0.3 is 10.2 Å². The number of nitrogen functional groups attached to an aromatic ring is 1. The number of hydrogen-bond acceptors (Lipinski definition) is 4. The molecular weight excluding hydrogens is 338 g/mol. The van der Waals surface area contributed by atoms with Crippen molar-refractivity contribution in [3.63, 3.8) is 0 Å². The van der Waals surface area contributed by atoms with E-state index < -0.39 is 0 Å². The number of nitrogens with two attached hydrogens (primary N) is 1. The molecule has 5 aromatic rings. The zero-order chi connectivity index (χ0) is 18.4. The fourth-order valence-corrected chi connectivity index (χ4v) is 3.37. The topological polar surface area (TPSA) is 74.0 Å². The Hall–Kier alpha value is -3.86. The predicted molar refractivity (Wildman–Crippen MR) is 107 cm³/mol. The summed E-state index contributed by atoms with van der Waals surface area (Å²) < 4.78 is 7.64. The van der Waals surface area contributed by atoms with Crippen LogP contribution in [0.5, 0.6) is 0 Å². The standard InChI is InChI=1S/C22H15N3O2/c23-16-4-6-17(7-5-16)25-21(26)10-9-20-22(25)18-12-14(3-8-19(18)27-20)15-2-1-11-24-13-15/h1-13H,23H2. The lowest BCUT2D eigenvalue weighted by Gasteiger charge is -2.08. The smallest absolute Gasteiger partial charge is 0.255 e. The molecule has 0 aliphatic rings. The van der Waals surface area contributed by atoms with Crippen LogP contribution in [0.2, 0.25) is 0 Å². The van der Waals surface area contributed by atoms with Gasteiger partial charge >= 0.3 is 0 Å². The maximum absolute atomic E-state index is 12.7. The van der Waals surface area contributed by atoms with Crippen molar-refractivity contribution in [1.29, 1.82) is 0 Å². The highest BCUT2D eigenvalue weighted by Crippen LogP contribution is 2.32. The van der Waals surface area contributed by atoms with Crippen LogP contribution >= 0.6 is 0 Å². The number of fused-ring (bicyclic) bond motifs is 3.